The monoisotopic (exact) mass is 275 g/mol. The number of anilines is 1. The Morgan fingerprint density at radius 2 is 2.00 bits per heavy atom. The zero-order chi connectivity index (χ0) is 13.1. The summed E-state index contributed by atoms with van der Waals surface area (Å²) < 4.78 is 1.12. The number of carbonyl (C=O) groups is 1. The third-order valence-corrected chi connectivity index (χ3v) is 4.51. The second-order valence-electron chi connectivity index (χ2n) is 4.94. The van der Waals surface area contributed by atoms with Gasteiger partial charge in [-0.1, -0.05) is 42.7 Å². The Morgan fingerprint density at radius 3 is 2.79 bits per heavy atom. The van der Waals surface area contributed by atoms with Crippen molar-refractivity contribution >= 4 is 32.6 Å². The summed E-state index contributed by atoms with van der Waals surface area (Å²) in [7, 11) is 0. The molecule has 1 heterocycles. The molecule has 1 fully saturated rings. The average Bonchev–Trinajstić information content (AvgIpc) is 2.88. The Kier molecular flexibility index (Phi) is 3.64. The molecule has 0 aliphatic heterocycles. The highest BCUT2D eigenvalue weighted by Gasteiger charge is 2.20. The molecule has 2 N–H and O–H groups in total. The van der Waals surface area contributed by atoms with Crippen molar-refractivity contribution in [3.05, 3.63) is 24.3 Å². The molecule has 100 valence electrons. The molecule has 0 atom stereocenters. The molecule has 0 bridgehead atoms. The molecule has 4 nitrogen and oxygen atoms in total. The number of rotatable bonds is 3. The molecule has 0 radical (unpaired) electrons. The van der Waals surface area contributed by atoms with Crippen molar-refractivity contribution in [3.63, 3.8) is 0 Å². The second kappa shape index (κ2) is 5.57. The van der Waals surface area contributed by atoms with Crippen molar-refractivity contribution in [3.8, 4) is 0 Å². The van der Waals surface area contributed by atoms with E-state index in [0.717, 1.165) is 28.2 Å². The van der Waals surface area contributed by atoms with E-state index in [0.29, 0.717) is 0 Å². The van der Waals surface area contributed by atoms with Crippen LogP contribution < -0.4 is 10.9 Å². The van der Waals surface area contributed by atoms with Gasteiger partial charge in [0.2, 0.25) is 11.0 Å². The van der Waals surface area contributed by atoms with Crippen LogP contribution in [0, 0.1) is 5.92 Å². The summed E-state index contributed by atoms with van der Waals surface area (Å²) in [4.78, 5) is 16.4. The standard InChI is InChI=1S/C14H17N3OS/c18-13(10-6-2-1-3-7-10)16-17-14-15-11-8-4-5-9-12(11)19-14/h4-5,8-10H,1-3,6-7H2,(H,15,17)(H,16,18). The van der Waals surface area contributed by atoms with Gasteiger partial charge in [-0.25, -0.2) is 4.98 Å². The van der Waals surface area contributed by atoms with E-state index in [1.54, 1.807) is 11.3 Å². The number of nitrogens with one attached hydrogen (secondary N) is 2. The number of hydrazine groups is 1. The smallest absolute Gasteiger partial charge is 0.241 e. The lowest BCUT2D eigenvalue weighted by molar-refractivity contribution is -0.125. The van der Waals surface area contributed by atoms with Crippen molar-refractivity contribution in [2.24, 2.45) is 5.92 Å². The fourth-order valence-corrected chi connectivity index (χ4v) is 3.33. The molecule has 0 saturated heterocycles. The molecular formula is C14H17N3OS. The van der Waals surface area contributed by atoms with Crippen LogP contribution in [0.25, 0.3) is 10.2 Å². The molecule has 5 heteroatoms. The van der Waals surface area contributed by atoms with Crippen molar-refractivity contribution in [2.45, 2.75) is 32.1 Å². The SMILES string of the molecule is O=C(NNc1nc2ccccc2s1)C1CCCCC1. The summed E-state index contributed by atoms with van der Waals surface area (Å²) >= 11 is 1.55. The van der Waals surface area contributed by atoms with Gasteiger partial charge in [0.1, 0.15) is 0 Å². The van der Waals surface area contributed by atoms with Crippen LogP contribution in [0.4, 0.5) is 5.13 Å². The highest BCUT2D eigenvalue weighted by Crippen LogP contribution is 2.26. The van der Waals surface area contributed by atoms with Gasteiger partial charge in [-0.05, 0) is 25.0 Å². The molecule has 1 aliphatic rings. The molecule has 0 unspecified atom stereocenters. The fourth-order valence-electron chi connectivity index (χ4n) is 2.51. The lowest BCUT2D eigenvalue weighted by Crippen LogP contribution is -2.35. The van der Waals surface area contributed by atoms with E-state index < -0.39 is 0 Å². The van der Waals surface area contributed by atoms with E-state index in [9.17, 15) is 4.79 Å². The summed E-state index contributed by atoms with van der Waals surface area (Å²) in [6, 6.07) is 7.96. The number of hydrogen-bond acceptors (Lipinski definition) is 4. The number of benzene rings is 1. The maximum atomic E-state index is 12.0. The van der Waals surface area contributed by atoms with E-state index in [1.807, 2.05) is 24.3 Å². The lowest BCUT2D eigenvalue weighted by atomic mass is 9.89. The van der Waals surface area contributed by atoms with Crippen LogP contribution in [0.2, 0.25) is 0 Å². The Bertz CT molecular complexity index is 542. The first-order valence-corrected chi connectivity index (χ1v) is 7.56. The van der Waals surface area contributed by atoms with E-state index in [4.69, 9.17) is 0 Å². The van der Waals surface area contributed by atoms with Gasteiger partial charge in [0.15, 0.2) is 0 Å². The molecular weight excluding hydrogens is 258 g/mol. The summed E-state index contributed by atoms with van der Waals surface area (Å²) in [5.41, 5.74) is 6.69. The number of para-hydroxylation sites is 1. The van der Waals surface area contributed by atoms with Gasteiger partial charge in [0.05, 0.1) is 10.2 Å². The molecule has 3 rings (SSSR count). The summed E-state index contributed by atoms with van der Waals surface area (Å²) in [5.74, 6) is 0.259. The van der Waals surface area contributed by atoms with Crippen molar-refractivity contribution in [1.29, 1.82) is 0 Å². The van der Waals surface area contributed by atoms with Crippen molar-refractivity contribution in [2.75, 3.05) is 5.43 Å². The van der Waals surface area contributed by atoms with Gasteiger partial charge >= 0.3 is 0 Å². The van der Waals surface area contributed by atoms with Crippen LogP contribution >= 0.6 is 11.3 Å². The van der Waals surface area contributed by atoms with Crippen LogP contribution in [0.1, 0.15) is 32.1 Å². The molecule has 1 saturated carbocycles. The highest BCUT2D eigenvalue weighted by atomic mass is 32.1. The Morgan fingerprint density at radius 1 is 1.21 bits per heavy atom. The zero-order valence-electron chi connectivity index (χ0n) is 10.7. The molecule has 1 aliphatic carbocycles. The number of aromatic nitrogens is 1. The van der Waals surface area contributed by atoms with Gasteiger partial charge in [-0.15, -0.1) is 0 Å². The minimum absolute atomic E-state index is 0.0963. The quantitative estimate of drug-likeness (QED) is 0.845. The predicted octanol–water partition coefficient (Wildman–Crippen LogP) is 3.32. The normalized spacial score (nSPS) is 16.4. The topological polar surface area (TPSA) is 54.0 Å². The Labute approximate surface area is 116 Å². The molecule has 1 aromatic heterocycles. The van der Waals surface area contributed by atoms with Crippen LogP contribution in [-0.2, 0) is 4.79 Å². The van der Waals surface area contributed by atoms with E-state index >= 15 is 0 Å². The molecule has 0 spiro atoms. The molecule has 1 amide bonds. The minimum Gasteiger partial charge on any atom is -0.273 e. The van der Waals surface area contributed by atoms with Crippen LogP contribution in [-0.4, -0.2) is 10.9 Å². The van der Waals surface area contributed by atoms with Crippen LogP contribution in [0.3, 0.4) is 0 Å². The first kappa shape index (κ1) is 12.4. The number of nitrogens with zero attached hydrogens (tertiary/aromatic N) is 1. The van der Waals surface area contributed by atoms with Crippen molar-refractivity contribution < 1.29 is 4.79 Å². The first-order valence-electron chi connectivity index (χ1n) is 6.74. The largest absolute Gasteiger partial charge is 0.273 e. The third-order valence-electron chi connectivity index (χ3n) is 3.56. The van der Waals surface area contributed by atoms with E-state index in [1.165, 1.54) is 19.3 Å². The third kappa shape index (κ3) is 2.87. The van der Waals surface area contributed by atoms with Crippen LogP contribution in [0.5, 0.6) is 0 Å². The van der Waals surface area contributed by atoms with Crippen molar-refractivity contribution in [1.82, 2.24) is 10.4 Å². The Balaban J connectivity index is 1.60. The van der Waals surface area contributed by atoms with E-state index in [-0.39, 0.29) is 11.8 Å². The maximum absolute atomic E-state index is 12.0. The zero-order valence-corrected chi connectivity index (χ0v) is 11.5. The minimum atomic E-state index is 0.0963. The number of carbonyl (C=O) groups excluding carboxylic acids is 1. The number of thiazole rings is 1. The maximum Gasteiger partial charge on any atom is 0.241 e. The number of hydrogen-bond donors (Lipinski definition) is 2. The molecule has 1 aromatic carbocycles. The average molecular weight is 275 g/mol. The van der Waals surface area contributed by atoms with Gasteiger partial charge in [-0.2, -0.15) is 0 Å². The second-order valence-corrected chi connectivity index (χ2v) is 5.97. The lowest BCUT2D eigenvalue weighted by Gasteiger charge is -2.20. The van der Waals surface area contributed by atoms with Gasteiger partial charge < -0.3 is 0 Å². The van der Waals surface area contributed by atoms with Gasteiger partial charge in [-0.3, -0.25) is 15.6 Å². The number of amides is 1. The highest BCUT2D eigenvalue weighted by molar-refractivity contribution is 7.22. The predicted molar refractivity (Wildman–Crippen MR) is 78.0 cm³/mol. The van der Waals surface area contributed by atoms with Gasteiger partial charge in [0.25, 0.3) is 0 Å². The fraction of sp³-hybridized carbons (Fsp3) is 0.429. The summed E-state index contributed by atoms with van der Waals surface area (Å²) in [6.07, 6.45) is 5.61. The summed E-state index contributed by atoms with van der Waals surface area (Å²) in [5, 5.41) is 0.741. The number of fused-ring (bicyclic) bond motifs is 1. The Hall–Kier alpha value is -1.62. The van der Waals surface area contributed by atoms with Gasteiger partial charge in [0, 0.05) is 5.92 Å². The molecule has 2 aromatic rings. The first-order chi connectivity index (χ1) is 9.33. The van der Waals surface area contributed by atoms with E-state index in [2.05, 4.69) is 15.8 Å². The molecule has 19 heavy (non-hydrogen) atoms. The van der Waals surface area contributed by atoms with Crippen LogP contribution in [0.15, 0.2) is 24.3 Å². The summed E-state index contributed by atoms with van der Waals surface area (Å²) in [6.45, 7) is 0.